The number of hydrogen-bond acceptors (Lipinski definition) is 2. The fourth-order valence-electron chi connectivity index (χ4n) is 1.31. The third-order valence-electron chi connectivity index (χ3n) is 2.24. The lowest BCUT2D eigenvalue weighted by molar-refractivity contribution is -0.142. The molecule has 82 valence electrons. The number of rotatable bonds is 3. The summed E-state index contributed by atoms with van der Waals surface area (Å²) in [4.78, 5) is 10.7. The van der Waals surface area contributed by atoms with Gasteiger partial charge in [-0.15, -0.1) is 0 Å². The maximum Gasteiger partial charge on any atom is 0.302 e. The molecule has 0 unspecified atom stereocenters. The van der Waals surface area contributed by atoms with E-state index in [0.29, 0.717) is 6.61 Å². The van der Waals surface area contributed by atoms with Crippen LogP contribution in [0.25, 0.3) is 0 Å². The van der Waals surface area contributed by atoms with Crippen molar-refractivity contribution < 1.29 is 9.53 Å². The van der Waals surface area contributed by atoms with E-state index in [9.17, 15) is 4.79 Å². The van der Waals surface area contributed by atoms with Gasteiger partial charge in [0.15, 0.2) is 0 Å². The second-order valence-corrected chi connectivity index (χ2v) is 9.81. The Labute approximate surface area is 92.3 Å². The van der Waals surface area contributed by atoms with Gasteiger partial charge < -0.3 is 4.74 Å². The average Bonchev–Trinajstić information content (AvgIpc) is 2.14. The summed E-state index contributed by atoms with van der Waals surface area (Å²) >= 11 is 0. The lowest BCUT2D eigenvalue weighted by atomic mass is 10.2. The number of hydrogen-bond donors (Lipinski definition) is 0. The molecule has 0 aliphatic heterocycles. The zero-order valence-corrected chi connectivity index (χ0v) is 10.8. The van der Waals surface area contributed by atoms with Gasteiger partial charge >= 0.3 is 5.97 Å². The summed E-state index contributed by atoms with van der Waals surface area (Å²) in [7, 11) is -1.26. The smallest absolute Gasteiger partial charge is 0.302 e. The molecule has 1 aromatic rings. The van der Waals surface area contributed by atoms with Gasteiger partial charge in [0.2, 0.25) is 0 Å². The lowest BCUT2D eigenvalue weighted by Gasteiger charge is -2.17. The maximum atomic E-state index is 10.7. The van der Waals surface area contributed by atoms with E-state index in [0.717, 1.165) is 5.56 Å². The second kappa shape index (κ2) is 4.62. The van der Waals surface area contributed by atoms with Crippen LogP contribution in [0.15, 0.2) is 24.3 Å². The first kappa shape index (κ1) is 12.0. The van der Waals surface area contributed by atoms with Gasteiger partial charge in [0, 0.05) is 6.92 Å². The molecule has 0 bridgehead atoms. The Balaban J connectivity index is 2.79. The molecule has 3 heteroatoms. The fourth-order valence-corrected chi connectivity index (χ4v) is 2.53. The monoisotopic (exact) mass is 222 g/mol. The van der Waals surface area contributed by atoms with E-state index >= 15 is 0 Å². The summed E-state index contributed by atoms with van der Waals surface area (Å²) in [6.45, 7) is 8.73. The quantitative estimate of drug-likeness (QED) is 0.579. The van der Waals surface area contributed by atoms with E-state index in [4.69, 9.17) is 4.74 Å². The summed E-state index contributed by atoms with van der Waals surface area (Å²) in [5.74, 6) is -0.228. The summed E-state index contributed by atoms with van der Waals surface area (Å²) in [6, 6.07) is 8.33. The first-order valence-corrected chi connectivity index (χ1v) is 8.62. The van der Waals surface area contributed by atoms with E-state index in [1.54, 1.807) is 0 Å². The Hall–Kier alpha value is -1.09. The third kappa shape index (κ3) is 3.87. The third-order valence-corrected chi connectivity index (χ3v) is 4.28. The molecule has 2 nitrogen and oxygen atoms in total. The first-order valence-electron chi connectivity index (χ1n) is 5.12. The van der Waals surface area contributed by atoms with Crippen LogP contribution in [0.2, 0.25) is 19.6 Å². The summed E-state index contributed by atoms with van der Waals surface area (Å²) in [5, 5.41) is 1.40. The molecule has 0 spiro atoms. The van der Waals surface area contributed by atoms with E-state index < -0.39 is 8.07 Å². The zero-order valence-electron chi connectivity index (χ0n) is 9.83. The van der Waals surface area contributed by atoms with Crippen LogP contribution in [-0.2, 0) is 16.1 Å². The molecular weight excluding hydrogens is 204 g/mol. The molecule has 0 aliphatic rings. The molecule has 0 N–H and O–H groups in total. The van der Waals surface area contributed by atoms with Crippen molar-refractivity contribution in [1.82, 2.24) is 0 Å². The summed E-state index contributed by atoms with van der Waals surface area (Å²) in [6.07, 6.45) is 0. The fraction of sp³-hybridized carbons (Fsp3) is 0.417. The van der Waals surface area contributed by atoms with E-state index in [2.05, 4.69) is 31.8 Å². The van der Waals surface area contributed by atoms with Crippen molar-refractivity contribution >= 4 is 19.2 Å². The van der Waals surface area contributed by atoms with Crippen molar-refractivity contribution in [3.63, 3.8) is 0 Å². The van der Waals surface area contributed by atoms with Gasteiger partial charge in [0.1, 0.15) is 6.61 Å². The molecule has 0 aromatic heterocycles. The predicted molar refractivity (Wildman–Crippen MR) is 64.9 cm³/mol. The molecule has 0 radical (unpaired) electrons. The Morgan fingerprint density at radius 3 is 2.53 bits per heavy atom. The van der Waals surface area contributed by atoms with Gasteiger partial charge in [-0.05, 0) is 5.56 Å². The van der Waals surface area contributed by atoms with Gasteiger partial charge in [0.05, 0.1) is 8.07 Å². The molecule has 0 heterocycles. The molecule has 1 rings (SSSR count). The SMILES string of the molecule is CC(=O)OCc1cccc([Si](C)(C)C)c1. The van der Waals surface area contributed by atoms with Crippen molar-refractivity contribution in [2.75, 3.05) is 0 Å². The summed E-state index contributed by atoms with van der Waals surface area (Å²) < 4.78 is 4.97. The number of carbonyl (C=O) groups excluding carboxylic acids is 1. The van der Waals surface area contributed by atoms with Crippen LogP contribution in [0, 0.1) is 0 Å². The minimum atomic E-state index is -1.26. The molecule has 0 fully saturated rings. The topological polar surface area (TPSA) is 26.3 Å². The summed E-state index contributed by atoms with van der Waals surface area (Å²) in [5.41, 5.74) is 1.07. The molecular formula is C12H18O2Si. The van der Waals surface area contributed by atoms with Crippen molar-refractivity contribution in [1.29, 1.82) is 0 Å². The van der Waals surface area contributed by atoms with Crippen LogP contribution in [0.4, 0.5) is 0 Å². The van der Waals surface area contributed by atoms with E-state index in [1.807, 2.05) is 12.1 Å². The van der Waals surface area contributed by atoms with Crippen LogP contribution in [-0.4, -0.2) is 14.0 Å². The standard InChI is InChI=1S/C12H18O2Si/c1-10(13)14-9-11-6-5-7-12(8-11)15(2,3)4/h5-8H,9H2,1-4H3. The minimum absolute atomic E-state index is 0.228. The molecule has 15 heavy (non-hydrogen) atoms. The zero-order chi connectivity index (χ0) is 11.5. The number of esters is 1. The number of ether oxygens (including phenoxy) is 1. The van der Waals surface area contributed by atoms with E-state index in [1.165, 1.54) is 12.1 Å². The first-order chi connectivity index (χ1) is 6.89. The molecule has 0 saturated carbocycles. The van der Waals surface area contributed by atoms with Gasteiger partial charge in [0.25, 0.3) is 0 Å². The number of benzene rings is 1. The molecule has 0 amide bonds. The van der Waals surface area contributed by atoms with E-state index in [-0.39, 0.29) is 5.97 Å². The predicted octanol–water partition coefficient (Wildman–Crippen LogP) is 2.29. The van der Waals surface area contributed by atoms with Crippen LogP contribution in [0.1, 0.15) is 12.5 Å². The van der Waals surface area contributed by atoms with Gasteiger partial charge in [-0.2, -0.15) is 0 Å². The Morgan fingerprint density at radius 1 is 1.33 bits per heavy atom. The minimum Gasteiger partial charge on any atom is -0.461 e. The number of carbonyl (C=O) groups is 1. The van der Waals surface area contributed by atoms with Crippen molar-refractivity contribution in [3.05, 3.63) is 29.8 Å². The Morgan fingerprint density at radius 2 is 2.00 bits per heavy atom. The highest BCUT2D eigenvalue weighted by Crippen LogP contribution is 2.06. The van der Waals surface area contributed by atoms with Crippen LogP contribution in [0.3, 0.4) is 0 Å². The Bertz CT molecular complexity index is 353. The lowest BCUT2D eigenvalue weighted by Crippen LogP contribution is -2.37. The normalized spacial score (nSPS) is 11.2. The van der Waals surface area contributed by atoms with Gasteiger partial charge in [-0.25, -0.2) is 0 Å². The average molecular weight is 222 g/mol. The second-order valence-electron chi connectivity index (χ2n) is 4.73. The van der Waals surface area contributed by atoms with Crippen LogP contribution in [0.5, 0.6) is 0 Å². The molecule has 0 atom stereocenters. The largest absolute Gasteiger partial charge is 0.461 e. The van der Waals surface area contributed by atoms with Crippen molar-refractivity contribution in [3.8, 4) is 0 Å². The highest BCUT2D eigenvalue weighted by atomic mass is 28.3. The van der Waals surface area contributed by atoms with Crippen LogP contribution < -0.4 is 5.19 Å². The molecule has 1 aromatic carbocycles. The van der Waals surface area contributed by atoms with Crippen molar-refractivity contribution in [2.24, 2.45) is 0 Å². The highest BCUT2D eigenvalue weighted by molar-refractivity contribution is 6.88. The van der Waals surface area contributed by atoms with Gasteiger partial charge in [-0.3, -0.25) is 4.79 Å². The molecule has 0 saturated heterocycles. The highest BCUT2D eigenvalue weighted by Gasteiger charge is 2.16. The maximum absolute atomic E-state index is 10.7. The van der Waals surface area contributed by atoms with Gasteiger partial charge in [-0.1, -0.05) is 49.1 Å². The molecule has 0 aliphatic carbocycles. The van der Waals surface area contributed by atoms with Crippen LogP contribution >= 0.6 is 0 Å². The van der Waals surface area contributed by atoms with Crippen molar-refractivity contribution in [2.45, 2.75) is 33.2 Å². The Kier molecular flexibility index (Phi) is 3.69.